The van der Waals surface area contributed by atoms with Crippen molar-refractivity contribution in [3.8, 4) is 0 Å². The Labute approximate surface area is 132 Å². The minimum absolute atomic E-state index is 0.101. The topological polar surface area (TPSA) is 64.8 Å². The van der Waals surface area contributed by atoms with Gasteiger partial charge < -0.3 is 20.1 Å². The average molecular weight is 306 g/mol. The molecule has 1 aromatic rings. The van der Waals surface area contributed by atoms with E-state index in [1.807, 2.05) is 23.1 Å². The zero-order valence-corrected chi connectivity index (χ0v) is 13.2. The number of carbonyl (C=O) groups excluding carboxylic acids is 1. The fourth-order valence-electron chi connectivity index (χ4n) is 2.75. The Morgan fingerprint density at radius 3 is 2.82 bits per heavy atom. The molecule has 2 atom stereocenters. The van der Waals surface area contributed by atoms with Gasteiger partial charge in [0.05, 0.1) is 25.2 Å². The van der Waals surface area contributed by atoms with E-state index < -0.39 is 0 Å². The molecular formula is C17H26N2O3. The summed E-state index contributed by atoms with van der Waals surface area (Å²) in [6, 6.07) is 10.4. The van der Waals surface area contributed by atoms with E-state index in [9.17, 15) is 4.79 Å². The molecular weight excluding hydrogens is 280 g/mol. The minimum atomic E-state index is -0.214. The molecule has 2 rings (SSSR count). The first-order chi connectivity index (χ1) is 10.7. The van der Waals surface area contributed by atoms with E-state index in [-0.39, 0.29) is 18.1 Å². The molecule has 5 nitrogen and oxygen atoms in total. The molecule has 1 aliphatic rings. The third-order valence-electron chi connectivity index (χ3n) is 4.15. The molecule has 122 valence electrons. The summed E-state index contributed by atoms with van der Waals surface area (Å²) in [6.07, 6.45) is 1.87. The van der Waals surface area contributed by atoms with Crippen LogP contribution in [0.15, 0.2) is 30.3 Å². The highest BCUT2D eigenvalue weighted by atomic mass is 16.5. The van der Waals surface area contributed by atoms with Gasteiger partial charge in [0.15, 0.2) is 0 Å². The van der Waals surface area contributed by atoms with Gasteiger partial charge in [0.2, 0.25) is 5.91 Å². The molecule has 22 heavy (non-hydrogen) atoms. The number of hydrogen-bond acceptors (Lipinski definition) is 4. The van der Waals surface area contributed by atoms with Crippen LogP contribution in [0.3, 0.4) is 0 Å². The van der Waals surface area contributed by atoms with Crippen LogP contribution < -0.4 is 5.73 Å². The van der Waals surface area contributed by atoms with E-state index in [1.165, 1.54) is 5.56 Å². The predicted molar refractivity (Wildman–Crippen MR) is 85.6 cm³/mol. The molecule has 1 aliphatic heterocycles. The molecule has 0 aromatic heterocycles. The van der Waals surface area contributed by atoms with Crippen molar-refractivity contribution in [2.45, 2.75) is 31.4 Å². The second kappa shape index (κ2) is 8.88. The summed E-state index contributed by atoms with van der Waals surface area (Å²) >= 11 is 0. The van der Waals surface area contributed by atoms with Crippen molar-refractivity contribution in [2.24, 2.45) is 5.73 Å². The number of ether oxygens (including phenoxy) is 2. The normalized spacial score (nSPS) is 19.1. The lowest BCUT2D eigenvalue weighted by Crippen LogP contribution is -2.44. The maximum Gasteiger partial charge on any atom is 0.225 e. The number of nitrogens with zero attached hydrogens (tertiary/aromatic N) is 1. The van der Waals surface area contributed by atoms with Crippen molar-refractivity contribution in [1.29, 1.82) is 0 Å². The van der Waals surface area contributed by atoms with Gasteiger partial charge in [-0.2, -0.15) is 0 Å². The smallest absolute Gasteiger partial charge is 0.225 e. The second-order valence-electron chi connectivity index (χ2n) is 5.64. The number of carbonyl (C=O) groups is 1. The van der Waals surface area contributed by atoms with Gasteiger partial charge in [-0.05, 0) is 18.4 Å². The molecule has 1 fully saturated rings. The Bertz CT molecular complexity index is 442. The van der Waals surface area contributed by atoms with Gasteiger partial charge in [-0.3, -0.25) is 4.79 Å². The van der Waals surface area contributed by atoms with Crippen LogP contribution in [-0.4, -0.2) is 56.4 Å². The first-order valence-corrected chi connectivity index (χ1v) is 7.88. The molecule has 0 spiro atoms. The SMILES string of the molecule is COC(CN)CC(=O)N(CCc1ccccc1)C1CCOC1. The third kappa shape index (κ3) is 4.80. The molecule has 1 amide bonds. The number of amides is 1. The van der Waals surface area contributed by atoms with Crippen molar-refractivity contribution in [3.63, 3.8) is 0 Å². The lowest BCUT2D eigenvalue weighted by molar-refractivity contribution is -0.136. The Balaban J connectivity index is 1.97. The second-order valence-corrected chi connectivity index (χ2v) is 5.64. The zero-order valence-electron chi connectivity index (χ0n) is 13.2. The van der Waals surface area contributed by atoms with Gasteiger partial charge in [-0.15, -0.1) is 0 Å². The van der Waals surface area contributed by atoms with Crippen LogP contribution in [-0.2, 0) is 20.7 Å². The van der Waals surface area contributed by atoms with E-state index in [1.54, 1.807) is 7.11 Å². The van der Waals surface area contributed by atoms with Crippen molar-refractivity contribution in [2.75, 3.05) is 33.4 Å². The molecule has 0 saturated carbocycles. The lowest BCUT2D eigenvalue weighted by atomic mass is 10.1. The summed E-state index contributed by atoms with van der Waals surface area (Å²) in [4.78, 5) is 14.6. The van der Waals surface area contributed by atoms with Crippen LogP contribution in [0, 0.1) is 0 Å². The number of nitrogens with two attached hydrogens (primary N) is 1. The Hall–Kier alpha value is -1.43. The molecule has 0 radical (unpaired) electrons. The van der Waals surface area contributed by atoms with Crippen molar-refractivity contribution in [1.82, 2.24) is 4.90 Å². The van der Waals surface area contributed by atoms with Crippen molar-refractivity contribution in [3.05, 3.63) is 35.9 Å². The Morgan fingerprint density at radius 2 is 2.23 bits per heavy atom. The standard InChI is InChI=1S/C17H26N2O3/c1-21-16(12-18)11-17(20)19(15-8-10-22-13-15)9-7-14-5-3-2-4-6-14/h2-6,15-16H,7-13,18H2,1H3. The van der Waals surface area contributed by atoms with E-state index in [0.717, 1.165) is 19.4 Å². The highest BCUT2D eigenvalue weighted by Crippen LogP contribution is 2.16. The van der Waals surface area contributed by atoms with Crippen molar-refractivity contribution < 1.29 is 14.3 Å². The summed E-state index contributed by atoms with van der Waals surface area (Å²) in [5, 5.41) is 0. The molecule has 2 unspecified atom stereocenters. The summed E-state index contributed by atoms with van der Waals surface area (Å²) in [5.74, 6) is 0.101. The van der Waals surface area contributed by atoms with E-state index in [4.69, 9.17) is 15.2 Å². The van der Waals surface area contributed by atoms with E-state index in [2.05, 4.69) is 12.1 Å². The number of methoxy groups -OCH3 is 1. The van der Waals surface area contributed by atoms with Crippen LogP contribution >= 0.6 is 0 Å². The zero-order chi connectivity index (χ0) is 15.8. The maximum atomic E-state index is 12.6. The van der Waals surface area contributed by atoms with Gasteiger partial charge in [0.1, 0.15) is 0 Å². The predicted octanol–water partition coefficient (Wildman–Crippen LogP) is 1.21. The fraction of sp³-hybridized carbons (Fsp3) is 0.588. The maximum absolute atomic E-state index is 12.6. The van der Waals surface area contributed by atoms with Crippen LogP contribution in [0.4, 0.5) is 0 Å². The highest BCUT2D eigenvalue weighted by molar-refractivity contribution is 5.77. The number of rotatable bonds is 8. The summed E-state index contributed by atoms with van der Waals surface area (Å²) in [5.41, 5.74) is 6.87. The first kappa shape index (κ1) is 16.9. The summed E-state index contributed by atoms with van der Waals surface area (Å²) < 4.78 is 10.7. The van der Waals surface area contributed by atoms with Gasteiger partial charge in [-0.1, -0.05) is 30.3 Å². The van der Waals surface area contributed by atoms with Crippen LogP contribution in [0.1, 0.15) is 18.4 Å². The molecule has 2 N–H and O–H groups in total. The van der Waals surface area contributed by atoms with Gasteiger partial charge in [-0.25, -0.2) is 0 Å². The van der Waals surface area contributed by atoms with Crippen LogP contribution in [0.25, 0.3) is 0 Å². The average Bonchev–Trinajstić information content (AvgIpc) is 3.08. The molecule has 1 saturated heterocycles. The fourth-order valence-corrected chi connectivity index (χ4v) is 2.75. The molecule has 1 heterocycles. The van der Waals surface area contributed by atoms with Crippen molar-refractivity contribution >= 4 is 5.91 Å². The lowest BCUT2D eigenvalue weighted by Gasteiger charge is -2.29. The first-order valence-electron chi connectivity index (χ1n) is 7.88. The summed E-state index contributed by atoms with van der Waals surface area (Å²) in [7, 11) is 1.60. The van der Waals surface area contributed by atoms with Gasteiger partial charge in [0, 0.05) is 26.8 Å². The Morgan fingerprint density at radius 1 is 1.45 bits per heavy atom. The monoisotopic (exact) mass is 306 g/mol. The molecule has 1 aromatic carbocycles. The number of benzene rings is 1. The molecule has 0 aliphatic carbocycles. The third-order valence-corrected chi connectivity index (χ3v) is 4.15. The van der Waals surface area contributed by atoms with Crippen LogP contribution in [0.5, 0.6) is 0 Å². The summed E-state index contributed by atoms with van der Waals surface area (Å²) in [6.45, 7) is 2.42. The van der Waals surface area contributed by atoms with Gasteiger partial charge in [0.25, 0.3) is 0 Å². The number of hydrogen-bond donors (Lipinski definition) is 1. The quantitative estimate of drug-likeness (QED) is 0.784. The largest absolute Gasteiger partial charge is 0.380 e. The van der Waals surface area contributed by atoms with E-state index >= 15 is 0 Å². The highest BCUT2D eigenvalue weighted by Gasteiger charge is 2.28. The van der Waals surface area contributed by atoms with Gasteiger partial charge >= 0.3 is 0 Å². The minimum Gasteiger partial charge on any atom is -0.380 e. The Kier molecular flexibility index (Phi) is 6.83. The van der Waals surface area contributed by atoms with E-state index in [0.29, 0.717) is 26.1 Å². The molecule has 5 heteroatoms. The van der Waals surface area contributed by atoms with Crippen LogP contribution in [0.2, 0.25) is 0 Å². The molecule has 0 bridgehead atoms.